The molecule has 5 heavy (non-hydrogen) atoms. The van der Waals surface area contributed by atoms with Gasteiger partial charge in [-0.1, -0.05) is 0 Å². The molecule has 0 aliphatic carbocycles. The zero-order chi connectivity index (χ0) is 0. The van der Waals surface area contributed by atoms with Gasteiger partial charge in [-0.2, -0.15) is 0 Å². The third-order valence-electron chi connectivity index (χ3n) is 0. The van der Waals surface area contributed by atoms with Crippen molar-refractivity contribution >= 4 is 70.1 Å². The Labute approximate surface area is 79.9 Å². The quantitative estimate of drug-likeness (QED) is 0.328. The van der Waals surface area contributed by atoms with E-state index in [-0.39, 0.29) is 81.0 Å². The van der Waals surface area contributed by atoms with Crippen LogP contribution in [-0.4, -0.2) is 67.6 Å². The maximum atomic E-state index is 0. The monoisotopic (exact) mass is 116 g/mol. The third-order valence-corrected chi connectivity index (χ3v) is 0. The Kier molecular flexibility index (Phi) is 421. The van der Waals surface area contributed by atoms with Crippen LogP contribution in [-0.2, 0) is 0 Å². The molecule has 0 saturated heterocycles. The van der Waals surface area contributed by atoms with Crippen molar-refractivity contribution in [2.45, 2.75) is 0 Å². The molecular formula is H5CaLiO2S. The van der Waals surface area contributed by atoms with Gasteiger partial charge in [0.25, 0.3) is 0 Å². The van der Waals surface area contributed by atoms with Crippen LogP contribution >= 0.6 is 13.5 Å². The maximum Gasteiger partial charge on any atom is 0 e. The predicted octanol–water partition coefficient (Wildman–Crippen LogP) is -2.03. The predicted molar refractivity (Wildman–Crippen MR) is 27.7 cm³/mol. The Morgan fingerprint density at radius 3 is 0.800 bits per heavy atom. The van der Waals surface area contributed by atoms with Crippen molar-refractivity contribution in [3.63, 3.8) is 0 Å². The summed E-state index contributed by atoms with van der Waals surface area (Å²) in [4.78, 5) is 0. The summed E-state index contributed by atoms with van der Waals surface area (Å²) in [6.45, 7) is 0. The van der Waals surface area contributed by atoms with Crippen LogP contribution in [0.1, 0.15) is 0 Å². The Morgan fingerprint density at radius 2 is 0.800 bits per heavy atom. The van der Waals surface area contributed by atoms with Crippen LogP contribution in [0.15, 0.2) is 0 Å². The second-order valence-electron chi connectivity index (χ2n) is 0. The van der Waals surface area contributed by atoms with E-state index in [1.165, 1.54) is 0 Å². The second-order valence-corrected chi connectivity index (χ2v) is 0. The first-order chi connectivity index (χ1) is 0. The first kappa shape index (κ1) is 59.1. The minimum Gasteiger partial charge on any atom is 0 e. The summed E-state index contributed by atoms with van der Waals surface area (Å²) in [6.07, 6.45) is 0. The standard InChI is InChI=1S/Ca.Li.2H2O.S.H/h;;2*1H2;;. The molecule has 26 valence electrons. The van der Waals surface area contributed by atoms with Crippen LogP contribution < -0.4 is 0 Å². The zero-order valence-corrected chi connectivity index (χ0v) is 5.14. The minimum absolute atomic E-state index is 0. The van der Waals surface area contributed by atoms with E-state index >= 15 is 0 Å². The zero-order valence-electron chi connectivity index (χ0n) is 2.12. The smallest absolute Gasteiger partial charge is 0 e. The van der Waals surface area contributed by atoms with Crippen LogP contribution in [0.5, 0.6) is 0 Å². The second kappa shape index (κ2) is 35.6. The van der Waals surface area contributed by atoms with E-state index in [2.05, 4.69) is 0 Å². The van der Waals surface area contributed by atoms with Crippen molar-refractivity contribution in [2.75, 3.05) is 0 Å². The molecule has 0 aromatic carbocycles. The molecule has 0 atom stereocenters. The van der Waals surface area contributed by atoms with E-state index in [4.69, 9.17) is 0 Å². The molecule has 0 bridgehead atoms. The summed E-state index contributed by atoms with van der Waals surface area (Å²) in [5, 5.41) is 0. The fourth-order valence-electron chi connectivity index (χ4n) is 0. The van der Waals surface area contributed by atoms with Gasteiger partial charge in [0.05, 0.1) is 0 Å². The molecule has 4 N–H and O–H groups in total. The molecule has 0 aliphatic rings. The van der Waals surface area contributed by atoms with E-state index in [1.807, 2.05) is 0 Å². The molecular weight excluding hydrogens is 111 g/mol. The third kappa shape index (κ3) is 23.1. The fourth-order valence-corrected chi connectivity index (χ4v) is 0. The Balaban J connectivity index is 0. The maximum absolute atomic E-state index is 0. The minimum atomic E-state index is 0. The van der Waals surface area contributed by atoms with E-state index in [9.17, 15) is 0 Å². The molecule has 4 radical (unpaired) electrons. The van der Waals surface area contributed by atoms with Crippen LogP contribution in [0, 0.1) is 0 Å². The van der Waals surface area contributed by atoms with Crippen LogP contribution in [0.4, 0.5) is 0 Å². The van der Waals surface area contributed by atoms with Gasteiger partial charge >= 0.3 is 18.9 Å². The van der Waals surface area contributed by atoms with Gasteiger partial charge in [-0.05, 0) is 0 Å². The first-order valence-electron chi connectivity index (χ1n) is 0. The van der Waals surface area contributed by atoms with Crippen LogP contribution in [0.25, 0.3) is 0 Å². The van der Waals surface area contributed by atoms with Crippen molar-refractivity contribution in [3.8, 4) is 0 Å². The molecule has 5 heteroatoms. The van der Waals surface area contributed by atoms with Gasteiger partial charge < -0.3 is 11.0 Å². The Hall–Kier alpha value is 2.13. The molecule has 0 rings (SSSR count). The van der Waals surface area contributed by atoms with Crippen LogP contribution in [0.3, 0.4) is 0 Å². The summed E-state index contributed by atoms with van der Waals surface area (Å²) in [6, 6.07) is 0. The molecule has 0 aliphatic heterocycles. The molecule has 0 unspecified atom stereocenters. The largest absolute Gasteiger partial charge is 0 e. The molecule has 0 fully saturated rings. The average Bonchev–Trinajstić information content (AvgIpc) is 0. The van der Waals surface area contributed by atoms with Gasteiger partial charge in [0.1, 0.15) is 0 Å². The molecule has 0 aromatic rings. The topological polar surface area (TPSA) is 63.0 Å². The van der Waals surface area contributed by atoms with E-state index < -0.39 is 0 Å². The number of hydrogen-bond acceptors (Lipinski definition) is 0. The normalized spacial score (nSPS) is 0. The summed E-state index contributed by atoms with van der Waals surface area (Å²) < 4.78 is 0. The van der Waals surface area contributed by atoms with E-state index in [0.29, 0.717) is 0 Å². The molecule has 2 nitrogen and oxygen atoms in total. The van der Waals surface area contributed by atoms with Crippen molar-refractivity contribution in [1.82, 2.24) is 0 Å². The molecule has 0 saturated carbocycles. The summed E-state index contributed by atoms with van der Waals surface area (Å²) in [7, 11) is 0. The Bertz CT molecular complexity index is 9.61. The number of rotatable bonds is 0. The van der Waals surface area contributed by atoms with E-state index in [0.717, 1.165) is 0 Å². The summed E-state index contributed by atoms with van der Waals surface area (Å²) in [5.41, 5.74) is 0. The molecule has 0 heterocycles. The van der Waals surface area contributed by atoms with Gasteiger partial charge in [0, 0.05) is 51.2 Å². The van der Waals surface area contributed by atoms with Gasteiger partial charge in [-0.25, -0.2) is 0 Å². The molecule has 0 spiro atoms. The van der Waals surface area contributed by atoms with E-state index in [1.54, 1.807) is 0 Å². The Morgan fingerprint density at radius 1 is 0.800 bits per heavy atom. The van der Waals surface area contributed by atoms with Gasteiger partial charge in [-0.15, -0.1) is 0 Å². The van der Waals surface area contributed by atoms with Crippen molar-refractivity contribution in [1.29, 1.82) is 0 Å². The molecule has 0 amide bonds. The van der Waals surface area contributed by atoms with Crippen molar-refractivity contribution < 1.29 is 11.0 Å². The van der Waals surface area contributed by atoms with Gasteiger partial charge in [0.15, 0.2) is 0 Å². The first-order valence-corrected chi connectivity index (χ1v) is 0. The fraction of sp³-hybridized carbons (Fsp3) is 0. The number of hydrogen-bond donors (Lipinski definition) is 0. The summed E-state index contributed by atoms with van der Waals surface area (Å²) >= 11 is 0. The average molecular weight is 116 g/mol. The summed E-state index contributed by atoms with van der Waals surface area (Å²) in [5.74, 6) is 0. The van der Waals surface area contributed by atoms with Crippen LogP contribution in [0.2, 0.25) is 0 Å². The van der Waals surface area contributed by atoms with Crippen molar-refractivity contribution in [3.05, 3.63) is 0 Å². The van der Waals surface area contributed by atoms with Gasteiger partial charge in [0.2, 0.25) is 0 Å². The van der Waals surface area contributed by atoms with Gasteiger partial charge in [-0.3, -0.25) is 0 Å². The molecule has 0 aromatic heterocycles. The van der Waals surface area contributed by atoms with Crippen molar-refractivity contribution in [2.24, 2.45) is 0 Å². The SMILES string of the molecule is O.O.[Ca].[LiH].[S].